The van der Waals surface area contributed by atoms with Crippen molar-refractivity contribution in [2.75, 3.05) is 25.0 Å². The van der Waals surface area contributed by atoms with Crippen molar-refractivity contribution in [3.63, 3.8) is 0 Å². The van der Waals surface area contributed by atoms with E-state index >= 15 is 0 Å². The Balaban J connectivity index is 1.75. The summed E-state index contributed by atoms with van der Waals surface area (Å²) in [6.45, 7) is 7.42. The summed E-state index contributed by atoms with van der Waals surface area (Å²) in [5.41, 5.74) is 0.807. The van der Waals surface area contributed by atoms with Gasteiger partial charge in [0, 0.05) is 25.0 Å². The summed E-state index contributed by atoms with van der Waals surface area (Å²) < 4.78 is 1.96. The number of likely N-dealkylation sites (tertiary alicyclic amines) is 1. The van der Waals surface area contributed by atoms with E-state index in [-0.39, 0.29) is 0 Å². The van der Waals surface area contributed by atoms with Gasteiger partial charge in [-0.25, -0.2) is 4.98 Å². The largest absolute Gasteiger partial charge is 0.365 e. The van der Waals surface area contributed by atoms with Crippen LogP contribution in [0.25, 0.3) is 5.65 Å². The summed E-state index contributed by atoms with van der Waals surface area (Å²) in [5, 5.41) is 11.7. The number of likely N-dealkylation sites (N-methyl/N-ethyl adjacent to an activating group) is 1. The molecule has 0 aromatic carbocycles. The first-order valence-electron chi connectivity index (χ1n) is 6.94. The van der Waals surface area contributed by atoms with Crippen LogP contribution in [-0.4, -0.2) is 50.2 Å². The fraction of sp³-hybridized carbons (Fsp3) is 0.615. The summed E-state index contributed by atoms with van der Waals surface area (Å²) >= 11 is 0. The van der Waals surface area contributed by atoms with Crippen LogP contribution in [0.5, 0.6) is 0 Å². The van der Waals surface area contributed by atoms with Gasteiger partial charge in [-0.3, -0.25) is 9.30 Å². The second-order valence-electron chi connectivity index (χ2n) is 5.02. The van der Waals surface area contributed by atoms with E-state index in [4.69, 9.17) is 0 Å². The molecule has 1 saturated heterocycles. The van der Waals surface area contributed by atoms with E-state index < -0.39 is 0 Å². The number of rotatable bonds is 4. The first-order valence-corrected chi connectivity index (χ1v) is 6.94. The van der Waals surface area contributed by atoms with E-state index in [1.165, 1.54) is 19.4 Å². The molecule has 1 atom stereocenters. The highest BCUT2D eigenvalue weighted by Gasteiger charge is 2.22. The lowest BCUT2D eigenvalue weighted by molar-refractivity contribution is 0.277. The van der Waals surface area contributed by atoms with Crippen molar-refractivity contribution < 1.29 is 0 Å². The molecule has 3 rings (SSSR count). The molecular formula is C13H20N6. The Morgan fingerprint density at radius 3 is 3.16 bits per heavy atom. The van der Waals surface area contributed by atoms with Gasteiger partial charge in [0.05, 0.1) is 0 Å². The van der Waals surface area contributed by atoms with Crippen LogP contribution in [0.2, 0.25) is 0 Å². The monoisotopic (exact) mass is 260 g/mol. The summed E-state index contributed by atoms with van der Waals surface area (Å²) in [4.78, 5) is 6.90. The second kappa shape index (κ2) is 5.13. The maximum absolute atomic E-state index is 4.38. The molecule has 1 fully saturated rings. The topological polar surface area (TPSA) is 58.4 Å². The lowest BCUT2D eigenvalue weighted by Crippen LogP contribution is -2.34. The summed E-state index contributed by atoms with van der Waals surface area (Å²) in [6, 6.07) is 0.607. The van der Waals surface area contributed by atoms with E-state index in [1.54, 1.807) is 6.20 Å². The van der Waals surface area contributed by atoms with Crippen LogP contribution < -0.4 is 5.32 Å². The van der Waals surface area contributed by atoms with Crippen LogP contribution in [0.1, 0.15) is 25.6 Å². The Hall–Kier alpha value is -1.69. The Morgan fingerprint density at radius 2 is 2.32 bits per heavy atom. The molecule has 0 bridgehead atoms. The van der Waals surface area contributed by atoms with Gasteiger partial charge in [0.15, 0.2) is 5.82 Å². The molecule has 1 N–H and O–H groups in total. The van der Waals surface area contributed by atoms with Gasteiger partial charge in [0.1, 0.15) is 5.82 Å². The first-order chi connectivity index (χ1) is 9.29. The van der Waals surface area contributed by atoms with Gasteiger partial charge in [0.2, 0.25) is 5.65 Å². The predicted octanol–water partition coefficient (Wildman–Crippen LogP) is 1.33. The van der Waals surface area contributed by atoms with Crippen molar-refractivity contribution in [3.05, 3.63) is 18.2 Å². The van der Waals surface area contributed by atoms with Crippen molar-refractivity contribution in [2.45, 2.75) is 32.7 Å². The quantitative estimate of drug-likeness (QED) is 0.898. The predicted molar refractivity (Wildman–Crippen MR) is 74.3 cm³/mol. The average molecular weight is 260 g/mol. The highest BCUT2D eigenvalue weighted by molar-refractivity contribution is 5.61. The van der Waals surface area contributed by atoms with Crippen molar-refractivity contribution in [3.8, 4) is 0 Å². The van der Waals surface area contributed by atoms with Crippen LogP contribution in [-0.2, 0) is 0 Å². The maximum Gasteiger partial charge on any atom is 0.203 e. The van der Waals surface area contributed by atoms with E-state index in [0.717, 1.165) is 30.4 Å². The normalized spacial score (nSPS) is 20.2. The second-order valence-corrected chi connectivity index (χ2v) is 5.02. The molecule has 0 spiro atoms. The molecule has 0 saturated carbocycles. The summed E-state index contributed by atoms with van der Waals surface area (Å²) in [7, 11) is 0. The minimum Gasteiger partial charge on any atom is -0.365 e. The van der Waals surface area contributed by atoms with Crippen molar-refractivity contribution in [1.82, 2.24) is 24.5 Å². The Morgan fingerprint density at radius 1 is 1.42 bits per heavy atom. The highest BCUT2D eigenvalue weighted by Crippen LogP contribution is 2.18. The molecule has 19 heavy (non-hydrogen) atoms. The standard InChI is InChI=1S/C13H20N6/c1-3-18-7-4-5-11(18)9-15-12-13-17-16-10(2)19(13)8-6-14-12/h6,8,11H,3-5,7,9H2,1-2H3,(H,14,15). The number of aromatic nitrogens is 4. The van der Waals surface area contributed by atoms with Crippen LogP contribution in [0.15, 0.2) is 12.4 Å². The average Bonchev–Trinajstić information content (AvgIpc) is 3.03. The third-order valence-corrected chi connectivity index (χ3v) is 3.91. The molecule has 6 nitrogen and oxygen atoms in total. The van der Waals surface area contributed by atoms with Gasteiger partial charge in [0.25, 0.3) is 0 Å². The zero-order chi connectivity index (χ0) is 13.2. The van der Waals surface area contributed by atoms with Crippen molar-refractivity contribution in [1.29, 1.82) is 0 Å². The Labute approximate surface area is 112 Å². The van der Waals surface area contributed by atoms with E-state index in [2.05, 4.69) is 32.3 Å². The molecule has 2 aromatic heterocycles. The molecule has 3 heterocycles. The van der Waals surface area contributed by atoms with Gasteiger partial charge in [-0.2, -0.15) is 0 Å². The molecule has 102 valence electrons. The van der Waals surface area contributed by atoms with Gasteiger partial charge >= 0.3 is 0 Å². The molecular weight excluding hydrogens is 240 g/mol. The molecule has 0 radical (unpaired) electrons. The van der Waals surface area contributed by atoms with Crippen molar-refractivity contribution >= 4 is 11.5 Å². The van der Waals surface area contributed by atoms with Crippen molar-refractivity contribution in [2.24, 2.45) is 0 Å². The highest BCUT2D eigenvalue weighted by atomic mass is 15.3. The number of hydrogen-bond donors (Lipinski definition) is 1. The minimum atomic E-state index is 0.607. The molecule has 1 aliphatic heterocycles. The molecule has 1 unspecified atom stereocenters. The molecule has 0 amide bonds. The number of nitrogens with zero attached hydrogens (tertiary/aromatic N) is 5. The maximum atomic E-state index is 4.38. The molecule has 2 aromatic rings. The SMILES string of the molecule is CCN1CCCC1CNc1nccn2c(C)nnc12. The Kier molecular flexibility index (Phi) is 3.33. The minimum absolute atomic E-state index is 0.607. The molecule has 6 heteroatoms. The number of hydrogen-bond acceptors (Lipinski definition) is 5. The Bertz CT molecular complexity index is 563. The van der Waals surface area contributed by atoms with Gasteiger partial charge in [-0.15, -0.1) is 10.2 Å². The summed E-state index contributed by atoms with van der Waals surface area (Å²) in [5.74, 6) is 1.71. The van der Waals surface area contributed by atoms with Crippen LogP contribution >= 0.6 is 0 Å². The van der Waals surface area contributed by atoms with Crippen LogP contribution in [0.4, 0.5) is 5.82 Å². The van der Waals surface area contributed by atoms with Crippen LogP contribution in [0, 0.1) is 6.92 Å². The first kappa shape index (κ1) is 12.3. The number of anilines is 1. The summed E-state index contributed by atoms with van der Waals surface area (Å²) in [6.07, 6.45) is 6.24. The zero-order valence-corrected chi connectivity index (χ0v) is 11.5. The number of fused-ring (bicyclic) bond motifs is 1. The third-order valence-electron chi connectivity index (χ3n) is 3.91. The lowest BCUT2D eigenvalue weighted by Gasteiger charge is -2.23. The molecule has 0 aliphatic carbocycles. The van der Waals surface area contributed by atoms with E-state index in [1.807, 2.05) is 17.5 Å². The number of nitrogens with one attached hydrogen (secondary N) is 1. The van der Waals surface area contributed by atoms with Gasteiger partial charge in [-0.05, 0) is 32.9 Å². The fourth-order valence-corrected chi connectivity index (χ4v) is 2.82. The van der Waals surface area contributed by atoms with Crippen LogP contribution in [0.3, 0.4) is 0 Å². The molecule has 1 aliphatic rings. The fourth-order valence-electron chi connectivity index (χ4n) is 2.82. The zero-order valence-electron chi connectivity index (χ0n) is 11.5. The third kappa shape index (κ3) is 2.28. The van der Waals surface area contributed by atoms with E-state index in [0.29, 0.717) is 6.04 Å². The van der Waals surface area contributed by atoms with Gasteiger partial charge < -0.3 is 5.32 Å². The van der Waals surface area contributed by atoms with Gasteiger partial charge in [-0.1, -0.05) is 6.92 Å². The smallest absolute Gasteiger partial charge is 0.203 e. The van der Waals surface area contributed by atoms with E-state index in [9.17, 15) is 0 Å². The number of aryl methyl sites for hydroxylation is 1. The lowest BCUT2D eigenvalue weighted by atomic mass is 10.2.